The molecule has 0 radical (unpaired) electrons. The van der Waals surface area contributed by atoms with E-state index in [1.807, 2.05) is 54.6 Å². The van der Waals surface area contributed by atoms with Gasteiger partial charge in [0.2, 0.25) is 5.89 Å². The van der Waals surface area contributed by atoms with Crippen molar-refractivity contribution in [3.05, 3.63) is 72.2 Å². The Kier molecular flexibility index (Phi) is 3.98. The van der Waals surface area contributed by atoms with Crippen LogP contribution in [0.5, 0.6) is 5.75 Å². The highest BCUT2D eigenvalue weighted by Crippen LogP contribution is 2.20. The normalized spacial score (nSPS) is 10.5. The maximum atomic E-state index is 5.68. The Bertz CT molecular complexity index is 690. The van der Waals surface area contributed by atoms with E-state index in [2.05, 4.69) is 4.98 Å². The molecule has 0 atom stereocenters. The van der Waals surface area contributed by atoms with Crippen molar-refractivity contribution >= 4 is 0 Å². The molecule has 0 aliphatic rings. The second kappa shape index (κ2) is 6.24. The van der Waals surface area contributed by atoms with E-state index in [-0.39, 0.29) is 0 Å². The second-order valence-electron chi connectivity index (χ2n) is 4.62. The lowest BCUT2D eigenvalue weighted by Crippen LogP contribution is -1.97. The predicted octanol–water partition coefficient (Wildman–Crippen LogP) is 3.38. The zero-order valence-electron chi connectivity index (χ0n) is 11.5. The SMILES string of the molecule is NCc1ccc(OCc2ncc(-c3ccccc3)o2)cc1. The summed E-state index contributed by atoms with van der Waals surface area (Å²) in [7, 11) is 0. The van der Waals surface area contributed by atoms with Crippen LogP contribution in [-0.2, 0) is 13.2 Å². The van der Waals surface area contributed by atoms with Crippen LogP contribution in [0, 0.1) is 0 Å². The molecule has 4 nitrogen and oxygen atoms in total. The van der Waals surface area contributed by atoms with Crippen LogP contribution in [0.3, 0.4) is 0 Å². The minimum absolute atomic E-state index is 0.300. The summed E-state index contributed by atoms with van der Waals surface area (Å²) < 4.78 is 11.3. The van der Waals surface area contributed by atoms with Crippen molar-refractivity contribution in [2.45, 2.75) is 13.2 Å². The van der Waals surface area contributed by atoms with Gasteiger partial charge in [-0.1, -0.05) is 42.5 Å². The van der Waals surface area contributed by atoms with Gasteiger partial charge in [0.15, 0.2) is 12.4 Å². The van der Waals surface area contributed by atoms with E-state index in [4.69, 9.17) is 14.9 Å². The molecule has 0 fully saturated rings. The van der Waals surface area contributed by atoms with Crippen molar-refractivity contribution in [2.75, 3.05) is 0 Å². The van der Waals surface area contributed by atoms with E-state index in [0.29, 0.717) is 19.0 Å². The Morgan fingerprint density at radius 1 is 1.00 bits per heavy atom. The van der Waals surface area contributed by atoms with Crippen molar-refractivity contribution in [3.8, 4) is 17.1 Å². The molecule has 21 heavy (non-hydrogen) atoms. The minimum Gasteiger partial charge on any atom is -0.484 e. The maximum absolute atomic E-state index is 5.68. The lowest BCUT2D eigenvalue weighted by Gasteiger charge is -2.04. The third-order valence-electron chi connectivity index (χ3n) is 3.13. The van der Waals surface area contributed by atoms with E-state index in [1.165, 1.54) is 0 Å². The third kappa shape index (κ3) is 3.30. The van der Waals surface area contributed by atoms with Crippen LogP contribution < -0.4 is 10.5 Å². The minimum atomic E-state index is 0.300. The van der Waals surface area contributed by atoms with E-state index in [9.17, 15) is 0 Å². The lowest BCUT2D eigenvalue weighted by molar-refractivity contribution is 0.264. The molecule has 106 valence electrons. The molecule has 0 amide bonds. The van der Waals surface area contributed by atoms with Gasteiger partial charge in [-0.3, -0.25) is 0 Å². The van der Waals surface area contributed by atoms with E-state index < -0.39 is 0 Å². The standard InChI is InChI=1S/C17H16N2O2/c18-10-13-6-8-15(9-7-13)20-12-17-19-11-16(21-17)14-4-2-1-3-5-14/h1-9,11H,10,12,18H2. The highest BCUT2D eigenvalue weighted by Gasteiger charge is 2.06. The first kappa shape index (κ1) is 13.4. The molecule has 4 heteroatoms. The summed E-state index contributed by atoms with van der Waals surface area (Å²) in [6.07, 6.45) is 1.71. The molecular weight excluding hydrogens is 264 g/mol. The van der Waals surface area contributed by atoms with Gasteiger partial charge in [0.05, 0.1) is 6.20 Å². The lowest BCUT2D eigenvalue weighted by atomic mass is 10.2. The third-order valence-corrected chi connectivity index (χ3v) is 3.13. The number of rotatable bonds is 5. The molecule has 3 rings (SSSR count). The average Bonchev–Trinajstić information content (AvgIpc) is 3.03. The van der Waals surface area contributed by atoms with Crippen molar-refractivity contribution in [3.63, 3.8) is 0 Å². The fourth-order valence-corrected chi connectivity index (χ4v) is 1.98. The molecule has 0 aliphatic carbocycles. The van der Waals surface area contributed by atoms with Gasteiger partial charge in [0.1, 0.15) is 5.75 Å². The summed E-state index contributed by atoms with van der Waals surface area (Å²) in [6.45, 7) is 0.829. The molecule has 0 unspecified atom stereocenters. The summed E-state index contributed by atoms with van der Waals surface area (Å²) in [4.78, 5) is 4.23. The van der Waals surface area contributed by atoms with Gasteiger partial charge < -0.3 is 14.9 Å². The number of oxazole rings is 1. The van der Waals surface area contributed by atoms with Crippen molar-refractivity contribution < 1.29 is 9.15 Å². The molecule has 3 aromatic rings. The van der Waals surface area contributed by atoms with Gasteiger partial charge in [-0.15, -0.1) is 0 Å². The van der Waals surface area contributed by atoms with E-state index in [0.717, 1.165) is 22.6 Å². The van der Waals surface area contributed by atoms with E-state index >= 15 is 0 Å². The fraction of sp³-hybridized carbons (Fsp3) is 0.118. The Morgan fingerprint density at radius 2 is 1.76 bits per heavy atom. The van der Waals surface area contributed by atoms with Crippen LogP contribution in [0.15, 0.2) is 65.2 Å². The van der Waals surface area contributed by atoms with Gasteiger partial charge in [-0.05, 0) is 17.7 Å². The molecule has 2 N–H and O–H groups in total. The maximum Gasteiger partial charge on any atom is 0.232 e. The molecule has 0 bridgehead atoms. The molecule has 2 aromatic carbocycles. The zero-order chi connectivity index (χ0) is 14.5. The monoisotopic (exact) mass is 280 g/mol. The Labute approximate surface area is 123 Å². The van der Waals surface area contributed by atoms with E-state index in [1.54, 1.807) is 6.20 Å². The number of benzene rings is 2. The van der Waals surface area contributed by atoms with Gasteiger partial charge >= 0.3 is 0 Å². The highest BCUT2D eigenvalue weighted by molar-refractivity contribution is 5.55. The molecule has 0 saturated heterocycles. The molecule has 1 aromatic heterocycles. The summed E-state index contributed by atoms with van der Waals surface area (Å²) in [5.74, 6) is 2.07. The Morgan fingerprint density at radius 3 is 2.48 bits per heavy atom. The van der Waals surface area contributed by atoms with Crippen LogP contribution >= 0.6 is 0 Å². The quantitative estimate of drug-likeness (QED) is 0.778. The van der Waals surface area contributed by atoms with Crippen LogP contribution in [0.2, 0.25) is 0 Å². The summed E-state index contributed by atoms with van der Waals surface area (Å²) in [6, 6.07) is 17.5. The van der Waals surface area contributed by atoms with Crippen LogP contribution in [0.1, 0.15) is 11.5 Å². The van der Waals surface area contributed by atoms with Crippen molar-refractivity contribution in [1.29, 1.82) is 0 Å². The Hall–Kier alpha value is -2.59. The largest absolute Gasteiger partial charge is 0.484 e. The fourth-order valence-electron chi connectivity index (χ4n) is 1.98. The predicted molar refractivity (Wildman–Crippen MR) is 80.6 cm³/mol. The topological polar surface area (TPSA) is 61.3 Å². The Balaban J connectivity index is 1.64. The number of nitrogens with zero attached hydrogens (tertiary/aromatic N) is 1. The second-order valence-corrected chi connectivity index (χ2v) is 4.62. The smallest absolute Gasteiger partial charge is 0.232 e. The molecule has 0 spiro atoms. The van der Waals surface area contributed by atoms with Gasteiger partial charge in [-0.25, -0.2) is 4.98 Å². The summed E-state index contributed by atoms with van der Waals surface area (Å²) >= 11 is 0. The van der Waals surface area contributed by atoms with Gasteiger partial charge in [0.25, 0.3) is 0 Å². The van der Waals surface area contributed by atoms with Gasteiger partial charge in [0, 0.05) is 12.1 Å². The van der Waals surface area contributed by atoms with Crippen molar-refractivity contribution in [2.24, 2.45) is 5.73 Å². The molecule has 0 saturated carbocycles. The summed E-state index contributed by atoms with van der Waals surface area (Å²) in [5, 5.41) is 0. The average molecular weight is 280 g/mol. The summed E-state index contributed by atoms with van der Waals surface area (Å²) in [5.41, 5.74) is 7.63. The molecule has 0 aliphatic heterocycles. The van der Waals surface area contributed by atoms with Crippen molar-refractivity contribution in [1.82, 2.24) is 4.98 Å². The number of hydrogen-bond acceptors (Lipinski definition) is 4. The van der Waals surface area contributed by atoms with Crippen LogP contribution in [0.25, 0.3) is 11.3 Å². The van der Waals surface area contributed by atoms with Crippen LogP contribution in [0.4, 0.5) is 0 Å². The van der Waals surface area contributed by atoms with Gasteiger partial charge in [-0.2, -0.15) is 0 Å². The highest BCUT2D eigenvalue weighted by atomic mass is 16.5. The first-order chi connectivity index (χ1) is 10.3. The number of ether oxygens (including phenoxy) is 1. The molecular formula is C17H16N2O2. The first-order valence-corrected chi connectivity index (χ1v) is 6.77. The number of aromatic nitrogens is 1. The first-order valence-electron chi connectivity index (χ1n) is 6.77. The van der Waals surface area contributed by atoms with Crippen LogP contribution in [-0.4, -0.2) is 4.98 Å². The molecule has 1 heterocycles. The zero-order valence-corrected chi connectivity index (χ0v) is 11.5. The number of nitrogens with two attached hydrogens (primary N) is 1. The number of hydrogen-bond donors (Lipinski definition) is 1.